The number of aryl methyl sites for hydroxylation is 1. The highest BCUT2D eigenvalue weighted by molar-refractivity contribution is 7.19. The number of benzene rings is 2. The zero-order valence-electron chi connectivity index (χ0n) is 13.5. The van der Waals surface area contributed by atoms with Crippen molar-refractivity contribution in [2.45, 2.75) is 19.3 Å². The molecule has 0 amide bonds. The molecule has 2 N–H and O–H groups in total. The van der Waals surface area contributed by atoms with Gasteiger partial charge in [0.15, 0.2) is 5.75 Å². The standard InChI is InChI=1S/C20H15FN2OS/c1-2-11-4-3-5-14-17-19(25-18(11)14)16(15(10-22)20(23)24-17)12-6-8-13(21)9-7-12/h3-9,16H,2,23H2,1H3. The molecule has 1 atom stereocenters. The van der Waals surface area contributed by atoms with Crippen LogP contribution in [0.2, 0.25) is 0 Å². The normalized spacial score (nSPS) is 16.4. The van der Waals surface area contributed by atoms with Gasteiger partial charge >= 0.3 is 0 Å². The number of nitrogens with two attached hydrogens (primary N) is 1. The molecule has 3 nitrogen and oxygen atoms in total. The highest BCUT2D eigenvalue weighted by Crippen LogP contribution is 2.50. The summed E-state index contributed by atoms with van der Waals surface area (Å²) in [5.41, 5.74) is 8.47. The first-order chi connectivity index (χ1) is 12.1. The Bertz CT molecular complexity index is 1040. The number of thiophene rings is 1. The summed E-state index contributed by atoms with van der Waals surface area (Å²) < 4.78 is 20.3. The van der Waals surface area contributed by atoms with E-state index in [1.54, 1.807) is 23.5 Å². The maximum absolute atomic E-state index is 13.3. The van der Waals surface area contributed by atoms with Gasteiger partial charge in [0, 0.05) is 10.1 Å². The molecule has 1 aliphatic heterocycles. The van der Waals surface area contributed by atoms with E-state index in [9.17, 15) is 9.65 Å². The van der Waals surface area contributed by atoms with E-state index in [2.05, 4.69) is 19.1 Å². The molecule has 5 heteroatoms. The van der Waals surface area contributed by atoms with Gasteiger partial charge in [-0.25, -0.2) is 4.39 Å². The highest BCUT2D eigenvalue weighted by atomic mass is 32.1. The van der Waals surface area contributed by atoms with E-state index in [1.807, 2.05) is 12.1 Å². The third-order valence-electron chi connectivity index (χ3n) is 4.51. The van der Waals surface area contributed by atoms with Crippen molar-refractivity contribution in [2.24, 2.45) is 5.73 Å². The van der Waals surface area contributed by atoms with Gasteiger partial charge in [-0.3, -0.25) is 0 Å². The summed E-state index contributed by atoms with van der Waals surface area (Å²) in [6, 6.07) is 14.5. The summed E-state index contributed by atoms with van der Waals surface area (Å²) in [7, 11) is 0. The molecule has 1 unspecified atom stereocenters. The lowest BCUT2D eigenvalue weighted by Gasteiger charge is -2.23. The second-order valence-electron chi connectivity index (χ2n) is 5.92. The fraction of sp³-hybridized carbons (Fsp3) is 0.150. The summed E-state index contributed by atoms with van der Waals surface area (Å²) in [6.45, 7) is 2.11. The van der Waals surface area contributed by atoms with Crippen molar-refractivity contribution in [3.05, 3.63) is 75.7 Å². The van der Waals surface area contributed by atoms with Crippen LogP contribution in [0, 0.1) is 17.1 Å². The summed E-state index contributed by atoms with van der Waals surface area (Å²) in [5, 5.41) is 10.6. The van der Waals surface area contributed by atoms with E-state index in [0.717, 1.165) is 26.9 Å². The maximum atomic E-state index is 13.3. The second kappa shape index (κ2) is 5.91. The number of hydrogen-bond donors (Lipinski definition) is 1. The first kappa shape index (κ1) is 15.7. The Morgan fingerprint density at radius 2 is 2.00 bits per heavy atom. The van der Waals surface area contributed by atoms with Crippen molar-refractivity contribution < 1.29 is 9.13 Å². The average Bonchev–Trinajstić information content (AvgIpc) is 2.99. The smallest absolute Gasteiger partial charge is 0.205 e. The Hall–Kier alpha value is -2.84. The van der Waals surface area contributed by atoms with Gasteiger partial charge in [-0.2, -0.15) is 5.26 Å². The fourth-order valence-corrected chi connectivity index (χ4v) is 4.73. The molecule has 0 spiro atoms. The molecular formula is C20H15FN2OS. The molecule has 0 fully saturated rings. The first-order valence-corrected chi connectivity index (χ1v) is 8.83. The van der Waals surface area contributed by atoms with Gasteiger partial charge in [-0.15, -0.1) is 11.3 Å². The molecule has 0 saturated carbocycles. The fourth-order valence-electron chi connectivity index (χ4n) is 3.28. The average molecular weight is 350 g/mol. The second-order valence-corrected chi connectivity index (χ2v) is 6.97. The molecular weight excluding hydrogens is 335 g/mol. The van der Waals surface area contributed by atoms with Crippen LogP contribution in [0.4, 0.5) is 4.39 Å². The minimum atomic E-state index is -0.337. The Morgan fingerprint density at radius 1 is 1.24 bits per heavy atom. The van der Waals surface area contributed by atoms with Gasteiger partial charge in [0.2, 0.25) is 5.88 Å². The third kappa shape index (κ3) is 2.38. The molecule has 124 valence electrons. The van der Waals surface area contributed by atoms with Crippen molar-refractivity contribution in [3.8, 4) is 11.8 Å². The molecule has 0 bridgehead atoms. The minimum Gasteiger partial charge on any atom is -0.439 e. The number of nitrogens with zero attached hydrogens (tertiary/aromatic N) is 1. The van der Waals surface area contributed by atoms with Crippen molar-refractivity contribution in [1.82, 2.24) is 0 Å². The van der Waals surface area contributed by atoms with E-state index >= 15 is 0 Å². The predicted molar refractivity (Wildman–Crippen MR) is 96.9 cm³/mol. The van der Waals surface area contributed by atoms with Gasteiger partial charge in [0.25, 0.3) is 0 Å². The van der Waals surface area contributed by atoms with Crippen molar-refractivity contribution in [3.63, 3.8) is 0 Å². The van der Waals surface area contributed by atoms with Crippen LogP contribution in [0.1, 0.15) is 28.8 Å². The van der Waals surface area contributed by atoms with Crippen LogP contribution in [0.3, 0.4) is 0 Å². The van der Waals surface area contributed by atoms with Gasteiger partial charge in [0.1, 0.15) is 17.5 Å². The summed E-state index contributed by atoms with van der Waals surface area (Å²) >= 11 is 1.62. The van der Waals surface area contributed by atoms with Crippen LogP contribution in [-0.4, -0.2) is 0 Å². The quantitative estimate of drug-likeness (QED) is 0.721. The zero-order valence-corrected chi connectivity index (χ0v) is 14.4. The number of fused-ring (bicyclic) bond motifs is 3. The van der Waals surface area contributed by atoms with E-state index in [0.29, 0.717) is 11.3 Å². The Kier molecular flexibility index (Phi) is 3.70. The van der Waals surface area contributed by atoms with Gasteiger partial charge < -0.3 is 10.5 Å². The Morgan fingerprint density at radius 3 is 2.68 bits per heavy atom. The summed E-state index contributed by atoms with van der Waals surface area (Å²) in [6.07, 6.45) is 0.909. The molecule has 1 aromatic heterocycles. The summed E-state index contributed by atoms with van der Waals surface area (Å²) in [5.74, 6) is 0.180. The molecule has 3 aromatic rings. The van der Waals surface area contributed by atoms with E-state index < -0.39 is 0 Å². The van der Waals surface area contributed by atoms with Crippen molar-refractivity contribution in [2.75, 3.05) is 0 Å². The molecule has 2 aromatic carbocycles. The van der Waals surface area contributed by atoms with E-state index in [4.69, 9.17) is 10.5 Å². The zero-order chi connectivity index (χ0) is 17.6. The Balaban J connectivity index is 2.00. The van der Waals surface area contributed by atoms with Crippen LogP contribution < -0.4 is 10.5 Å². The summed E-state index contributed by atoms with van der Waals surface area (Å²) in [4.78, 5) is 0.938. The molecule has 0 aliphatic carbocycles. The lowest BCUT2D eigenvalue weighted by Crippen LogP contribution is -2.19. The monoisotopic (exact) mass is 350 g/mol. The van der Waals surface area contributed by atoms with Crippen molar-refractivity contribution >= 4 is 21.4 Å². The lowest BCUT2D eigenvalue weighted by atomic mass is 9.88. The predicted octanol–water partition coefficient (Wildman–Crippen LogP) is 4.82. The largest absolute Gasteiger partial charge is 0.439 e. The van der Waals surface area contributed by atoms with Crippen LogP contribution in [0.15, 0.2) is 53.9 Å². The number of rotatable bonds is 2. The maximum Gasteiger partial charge on any atom is 0.205 e. The SMILES string of the molecule is CCc1cccc2c3c(sc12)C(c1ccc(F)cc1)C(C#N)=C(N)O3. The van der Waals surface area contributed by atoms with Crippen LogP contribution in [0.25, 0.3) is 10.1 Å². The third-order valence-corrected chi connectivity index (χ3v) is 5.84. The first-order valence-electron chi connectivity index (χ1n) is 8.01. The van der Waals surface area contributed by atoms with Gasteiger partial charge in [0.05, 0.1) is 10.8 Å². The molecule has 1 aliphatic rings. The van der Waals surface area contributed by atoms with Crippen LogP contribution in [0.5, 0.6) is 5.75 Å². The minimum absolute atomic E-state index is 0.117. The molecule has 0 saturated heterocycles. The van der Waals surface area contributed by atoms with Crippen LogP contribution in [-0.2, 0) is 6.42 Å². The van der Waals surface area contributed by atoms with Gasteiger partial charge in [-0.05, 0) is 35.7 Å². The molecule has 4 rings (SSSR count). The lowest BCUT2D eigenvalue weighted by molar-refractivity contribution is 0.401. The highest BCUT2D eigenvalue weighted by Gasteiger charge is 2.34. The Labute approximate surface area is 148 Å². The number of allylic oxidation sites excluding steroid dienone is 1. The van der Waals surface area contributed by atoms with Crippen molar-refractivity contribution in [1.29, 1.82) is 5.26 Å². The van der Waals surface area contributed by atoms with E-state index in [-0.39, 0.29) is 17.6 Å². The number of hydrogen-bond acceptors (Lipinski definition) is 4. The topological polar surface area (TPSA) is 59.0 Å². The molecule has 0 radical (unpaired) electrons. The van der Waals surface area contributed by atoms with Crippen LogP contribution >= 0.6 is 11.3 Å². The van der Waals surface area contributed by atoms with E-state index in [1.165, 1.54) is 17.7 Å². The number of ether oxygens (including phenoxy) is 1. The molecule has 25 heavy (non-hydrogen) atoms. The molecule has 2 heterocycles. The van der Waals surface area contributed by atoms with Gasteiger partial charge in [-0.1, -0.05) is 31.2 Å². The number of halogens is 1. The number of nitriles is 1.